The number of amides is 2. The number of hydrogen-bond acceptors (Lipinski definition) is 2. The monoisotopic (exact) mass is 408 g/mol. The van der Waals surface area contributed by atoms with Crippen molar-refractivity contribution in [3.05, 3.63) is 27.1 Å². The SMILES string of the molecule is CC(C)(C)SCCNC(=O)Nc1ccc(Br)cc1Br. The van der Waals surface area contributed by atoms with Crippen LogP contribution in [0.4, 0.5) is 10.5 Å². The Morgan fingerprint density at radius 3 is 2.58 bits per heavy atom. The maximum absolute atomic E-state index is 11.7. The standard InChI is InChI=1S/C13H18Br2N2OS/c1-13(2,3)19-7-6-16-12(18)17-11-5-4-9(14)8-10(11)15/h4-5,8H,6-7H2,1-3H3,(H2,16,17,18). The number of urea groups is 1. The van der Waals surface area contributed by atoms with E-state index in [1.54, 1.807) is 0 Å². The van der Waals surface area contributed by atoms with E-state index < -0.39 is 0 Å². The molecule has 106 valence electrons. The molecule has 0 saturated heterocycles. The van der Waals surface area contributed by atoms with Crippen molar-refractivity contribution in [1.29, 1.82) is 0 Å². The molecule has 0 unspecified atom stereocenters. The molecular formula is C13H18Br2N2OS. The molecule has 6 heteroatoms. The lowest BCUT2D eigenvalue weighted by Crippen LogP contribution is -2.31. The Bertz CT molecular complexity index is 447. The van der Waals surface area contributed by atoms with E-state index in [9.17, 15) is 4.79 Å². The Morgan fingerprint density at radius 2 is 2.00 bits per heavy atom. The molecule has 0 aliphatic rings. The highest BCUT2D eigenvalue weighted by molar-refractivity contribution is 9.11. The molecule has 0 heterocycles. The second-order valence-electron chi connectivity index (χ2n) is 4.97. The Hall–Kier alpha value is -0.200. The summed E-state index contributed by atoms with van der Waals surface area (Å²) in [7, 11) is 0. The van der Waals surface area contributed by atoms with Crippen LogP contribution in [0.15, 0.2) is 27.1 Å². The van der Waals surface area contributed by atoms with Gasteiger partial charge in [-0.15, -0.1) is 0 Å². The Morgan fingerprint density at radius 1 is 1.32 bits per heavy atom. The summed E-state index contributed by atoms with van der Waals surface area (Å²) in [5.74, 6) is 0.901. The van der Waals surface area contributed by atoms with Gasteiger partial charge in [0.25, 0.3) is 0 Å². The largest absolute Gasteiger partial charge is 0.337 e. The molecule has 0 spiro atoms. The van der Waals surface area contributed by atoms with E-state index in [0.29, 0.717) is 6.54 Å². The lowest BCUT2D eigenvalue weighted by Gasteiger charge is -2.17. The number of halogens is 2. The minimum absolute atomic E-state index is 0.183. The summed E-state index contributed by atoms with van der Waals surface area (Å²) in [5, 5.41) is 5.65. The molecule has 0 aromatic heterocycles. The van der Waals surface area contributed by atoms with Crippen molar-refractivity contribution in [2.75, 3.05) is 17.6 Å². The molecule has 2 N–H and O–H groups in total. The van der Waals surface area contributed by atoms with E-state index in [4.69, 9.17) is 0 Å². The first-order valence-corrected chi connectivity index (χ1v) is 8.49. The Kier molecular flexibility index (Phi) is 6.69. The zero-order valence-electron chi connectivity index (χ0n) is 11.2. The molecule has 2 amide bonds. The lowest BCUT2D eigenvalue weighted by atomic mass is 10.3. The zero-order chi connectivity index (χ0) is 14.5. The fourth-order valence-corrected chi connectivity index (χ4v) is 3.24. The molecule has 0 aliphatic heterocycles. The van der Waals surface area contributed by atoms with Gasteiger partial charge in [-0.25, -0.2) is 4.79 Å². The summed E-state index contributed by atoms with van der Waals surface area (Å²) in [6.45, 7) is 7.14. The highest BCUT2D eigenvalue weighted by Crippen LogP contribution is 2.26. The van der Waals surface area contributed by atoms with Gasteiger partial charge in [0.2, 0.25) is 0 Å². The van der Waals surface area contributed by atoms with Crippen molar-refractivity contribution in [2.24, 2.45) is 0 Å². The number of nitrogens with one attached hydrogen (secondary N) is 2. The highest BCUT2D eigenvalue weighted by atomic mass is 79.9. The van der Waals surface area contributed by atoms with Crippen LogP contribution in [-0.4, -0.2) is 23.1 Å². The predicted molar refractivity (Wildman–Crippen MR) is 91.1 cm³/mol. The summed E-state index contributed by atoms with van der Waals surface area (Å²) in [6, 6.07) is 5.44. The van der Waals surface area contributed by atoms with Crippen molar-refractivity contribution in [2.45, 2.75) is 25.5 Å². The van der Waals surface area contributed by atoms with Crippen LogP contribution in [-0.2, 0) is 0 Å². The van der Waals surface area contributed by atoms with Crippen molar-refractivity contribution in [3.63, 3.8) is 0 Å². The average molecular weight is 410 g/mol. The van der Waals surface area contributed by atoms with Crippen LogP contribution >= 0.6 is 43.6 Å². The molecule has 3 nitrogen and oxygen atoms in total. The van der Waals surface area contributed by atoms with E-state index >= 15 is 0 Å². The third kappa shape index (κ3) is 7.22. The van der Waals surface area contributed by atoms with E-state index in [1.165, 1.54) is 0 Å². The molecule has 19 heavy (non-hydrogen) atoms. The predicted octanol–water partition coefficient (Wildman–Crippen LogP) is 4.86. The van der Waals surface area contributed by atoms with Crippen molar-refractivity contribution >= 4 is 55.3 Å². The Balaban J connectivity index is 2.35. The molecule has 0 radical (unpaired) electrons. The van der Waals surface area contributed by atoms with Crippen LogP contribution in [0.1, 0.15) is 20.8 Å². The van der Waals surface area contributed by atoms with Gasteiger partial charge in [-0.1, -0.05) is 36.7 Å². The number of hydrogen-bond donors (Lipinski definition) is 2. The van der Waals surface area contributed by atoms with Crippen molar-refractivity contribution in [1.82, 2.24) is 5.32 Å². The summed E-state index contributed by atoms with van der Waals surface area (Å²) < 4.78 is 2.04. The first-order valence-electron chi connectivity index (χ1n) is 5.92. The summed E-state index contributed by atoms with van der Waals surface area (Å²) in [4.78, 5) is 11.7. The molecule has 0 fully saturated rings. The normalized spacial score (nSPS) is 11.2. The first kappa shape index (κ1) is 16.9. The molecule has 0 aliphatic carbocycles. The van der Waals surface area contributed by atoms with Crippen LogP contribution in [0.25, 0.3) is 0 Å². The van der Waals surface area contributed by atoms with E-state index in [0.717, 1.165) is 20.4 Å². The van der Waals surface area contributed by atoms with E-state index in [1.807, 2.05) is 30.0 Å². The lowest BCUT2D eigenvalue weighted by molar-refractivity contribution is 0.252. The third-order valence-corrected chi connectivity index (χ3v) is 4.53. The van der Waals surface area contributed by atoms with Gasteiger partial charge < -0.3 is 10.6 Å². The van der Waals surface area contributed by atoms with Gasteiger partial charge in [-0.05, 0) is 34.1 Å². The summed E-state index contributed by atoms with van der Waals surface area (Å²) in [6.07, 6.45) is 0. The zero-order valence-corrected chi connectivity index (χ0v) is 15.2. The minimum Gasteiger partial charge on any atom is -0.337 e. The van der Waals surface area contributed by atoms with Crippen LogP contribution in [0.5, 0.6) is 0 Å². The second-order valence-corrected chi connectivity index (χ2v) is 8.66. The third-order valence-electron chi connectivity index (χ3n) is 2.10. The van der Waals surface area contributed by atoms with E-state index in [2.05, 4.69) is 63.3 Å². The average Bonchev–Trinajstić information content (AvgIpc) is 2.27. The van der Waals surface area contributed by atoms with Gasteiger partial charge >= 0.3 is 6.03 Å². The molecule has 1 rings (SSSR count). The van der Waals surface area contributed by atoms with Crippen molar-refractivity contribution in [3.8, 4) is 0 Å². The summed E-state index contributed by atoms with van der Waals surface area (Å²) in [5.41, 5.74) is 0.754. The maximum Gasteiger partial charge on any atom is 0.319 e. The van der Waals surface area contributed by atoms with Crippen LogP contribution in [0, 0.1) is 0 Å². The maximum atomic E-state index is 11.7. The number of carbonyl (C=O) groups is 1. The molecule has 0 atom stereocenters. The second kappa shape index (κ2) is 7.55. The highest BCUT2D eigenvalue weighted by Gasteiger charge is 2.10. The van der Waals surface area contributed by atoms with Gasteiger partial charge in [0.1, 0.15) is 0 Å². The van der Waals surface area contributed by atoms with Crippen LogP contribution in [0.2, 0.25) is 0 Å². The first-order chi connectivity index (χ1) is 8.78. The van der Waals surface area contributed by atoms with Crippen LogP contribution in [0.3, 0.4) is 0 Å². The number of benzene rings is 1. The molecule has 1 aromatic rings. The topological polar surface area (TPSA) is 41.1 Å². The number of anilines is 1. The van der Waals surface area contributed by atoms with Gasteiger partial charge in [0.05, 0.1) is 5.69 Å². The number of rotatable bonds is 4. The van der Waals surface area contributed by atoms with Gasteiger partial charge in [0.15, 0.2) is 0 Å². The summed E-state index contributed by atoms with van der Waals surface area (Å²) >= 11 is 8.61. The number of thioether (sulfide) groups is 1. The van der Waals surface area contributed by atoms with E-state index in [-0.39, 0.29) is 10.8 Å². The molecule has 0 saturated carbocycles. The van der Waals surface area contributed by atoms with Gasteiger partial charge in [-0.2, -0.15) is 11.8 Å². The molecular weight excluding hydrogens is 392 g/mol. The van der Waals surface area contributed by atoms with Gasteiger partial charge in [-0.3, -0.25) is 0 Å². The molecule has 1 aromatic carbocycles. The number of carbonyl (C=O) groups excluding carboxylic acids is 1. The van der Waals surface area contributed by atoms with Crippen molar-refractivity contribution < 1.29 is 4.79 Å². The quantitative estimate of drug-likeness (QED) is 0.696. The fraction of sp³-hybridized carbons (Fsp3) is 0.462. The molecule has 0 bridgehead atoms. The fourth-order valence-electron chi connectivity index (χ4n) is 1.28. The smallest absolute Gasteiger partial charge is 0.319 e. The van der Waals surface area contributed by atoms with Crippen LogP contribution < -0.4 is 10.6 Å². The Labute approximate surface area is 135 Å². The van der Waals surface area contributed by atoms with Gasteiger partial charge in [0, 0.05) is 26.0 Å². The minimum atomic E-state index is -0.183.